The van der Waals surface area contributed by atoms with Crippen LogP contribution in [-0.2, 0) is 38.6 Å². The van der Waals surface area contributed by atoms with E-state index in [1.165, 1.54) is 6.92 Å². The molecule has 2 fully saturated rings. The minimum Gasteiger partial charge on any atom is -0.497 e. The first-order valence-electron chi connectivity index (χ1n) is 19.6. The molecular formula is C41H62N2O10SSi. The predicted molar refractivity (Wildman–Crippen MR) is 215 cm³/mol. The lowest BCUT2D eigenvalue weighted by Gasteiger charge is -2.50. The Morgan fingerprint density at radius 3 is 2.45 bits per heavy atom. The fraction of sp³-hybridized carbons (Fsp3) is 0.683. The van der Waals surface area contributed by atoms with Crippen LogP contribution in [0.5, 0.6) is 5.75 Å². The normalized spacial score (nSPS) is 23.5. The molecular weight excluding hydrogens is 741 g/mol. The Bertz CT molecular complexity index is 1670. The number of ether oxygens (including phenoxy) is 5. The fourth-order valence-electron chi connectivity index (χ4n) is 7.34. The summed E-state index contributed by atoms with van der Waals surface area (Å²) >= 11 is 0. The molecule has 1 unspecified atom stereocenters. The maximum Gasteiger partial charge on any atom is 0.425 e. The molecule has 1 aromatic carbocycles. The van der Waals surface area contributed by atoms with Crippen molar-refractivity contribution in [3.63, 3.8) is 0 Å². The van der Waals surface area contributed by atoms with Crippen LogP contribution in [0.2, 0.25) is 25.7 Å². The molecule has 2 amide bonds. The minimum absolute atomic E-state index is 0.155. The monoisotopic (exact) mass is 802 g/mol. The van der Waals surface area contributed by atoms with Gasteiger partial charge in [-0.3, -0.25) is 9.59 Å². The van der Waals surface area contributed by atoms with Gasteiger partial charge in [0.25, 0.3) is 0 Å². The van der Waals surface area contributed by atoms with E-state index >= 15 is 4.79 Å². The topological polar surface area (TPSA) is 138 Å². The van der Waals surface area contributed by atoms with Gasteiger partial charge in [-0.2, -0.15) is 4.31 Å². The molecule has 0 radical (unpaired) electrons. The van der Waals surface area contributed by atoms with Crippen molar-refractivity contribution in [2.45, 2.75) is 135 Å². The van der Waals surface area contributed by atoms with Crippen LogP contribution < -0.4 is 9.64 Å². The number of benzene rings is 1. The second-order valence-electron chi connectivity index (χ2n) is 16.9. The van der Waals surface area contributed by atoms with Gasteiger partial charge in [0.15, 0.2) is 6.29 Å². The van der Waals surface area contributed by atoms with Crippen LogP contribution in [0.3, 0.4) is 0 Å². The maximum atomic E-state index is 15.1. The number of carbonyl (C=O) groups is 3. The van der Waals surface area contributed by atoms with E-state index in [0.717, 1.165) is 30.0 Å². The van der Waals surface area contributed by atoms with Gasteiger partial charge in [0, 0.05) is 59.2 Å². The number of rotatable bonds is 15. The fourth-order valence-corrected chi connectivity index (χ4v) is 11.8. The molecule has 0 spiro atoms. The Morgan fingerprint density at radius 1 is 1.11 bits per heavy atom. The maximum absolute atomic E-state index is 15.1. The van der Waals surface area contributed by atoms with E-state index in [4.69, 9.17) is 23.7 Å². The van der Waals surface area contributed by atoms with Crippen molar-refractivity contribution in [1.82, 2.24) is 4.31 Å². The van der Waals surface area contributed by atoms with Crippen molar-refractivity contribution >= 4 is 41.8 Å². The zero-order valence-corrected chi connectivity index (χ0v) is 35.9. The van der Waals surface area contributed by atoms with Crippen molar-refractivity contribution in [2.24, 2.45) is 11.3 Å². The van der Waals surface area contributed by atoms with Gasteiger partial charge in [0.05, 0.1) is 18.3 Å². The molecule has 0 bridgehead atoms. The molecule has 5 atom stereocenters. The van der Waals surface area contributed by atoms with Gasteiger partial charge in [-0.15, -0.1) is 5.92 Å². The van der Waals surface area contributed by atoms with Crippen molar-refractivity contribution in [3.05, 3.63) is 36.4 Å². The highest BCUT2D eigenvalue weighted by Gasteiger charge is 2.56. The number of hydrogen-bond donors (Lipinski definition) is 0. The standard InChI is InChI=1S/C41H62N2O10SSi/c1-31(44)52-36-17-15-24-41(35(36)23-25-42(38(41)45)32-19-21-34(49-5)22-20-32)30-33(16-11-9-10-13-26-50-37-18-12-14-27-51-37)43(39(46)53-40(2,3)4)54(47,48)28-29-55(6,7)8/h15,19-22,24,33,35-37H,9-10,12-14,17-18,23,25-30H2,1-8H3/t33-,35-,36-,37?,41-/m0/s1. The summed E-state index contributed by atoms with van der Waals surface area (Å²) in [6.07, 6.45) is 7.27. The first kappa shape index (κ1) is 44.3. The number of nitrogens with zero attached hydrogens (tertiary/aromatic N) is 2. The van der Waals surface area contributed by atoms with Crippen LogP contribution in [0.1, 0.15) is 85.5 Å². The molecule has 1 aliphatic carbocycles. The minimum atomic E-state index is -4.30. The van der Waals surface area contributed by atoms with Crippen molar-refractivity contribution in [3.8, 4) is 17.6 Å². The average molecular weight is 803 g/mol. The molecule has 0 aromatic heterocycles. The molecule has 14 heteroatoms. The molecule has 2 aliphatic heterocycles. The summed E-state index contributed by atoms with van der Waals surface area (Å²) in [6, 6.07) is 6.29. The van der Waals surface area contributed by atoms with Gasteiger partial charge < -0.3 is 28.6 Å². The van der Waals surface area contributed by atoms with Crippen LogP contribution >= 0.6 is 0 Å². The number of fused-ring (bicyclic) bond motifs is 1. The molecule has 12 nitrogen and oxygen atoms in total. The van der Waals surface area contributed by atoms with E-state index in [-0.39, 0.29) is 24.4 Å². The zero-order valence-electron chi connectivity index (χ0n) is 34.1. The first-order valence-corrected chi connectivity index (χ1v) is 24.9. The van der Waals surface area contributed by atoms with Crippen LogP contribution in [-0.4, -0.2) is 95.4 Å². The molecule has 3 aliphatic rings. The molecule has 306 valence electrons. The van der Waals surface area contributed by atoms with Crippen molar-refractivity contribution in [2.75, 3.05) is 37.5 Å². The third-order valence-electron chi connectivity index (χ3n) is 10.1. The van der Waals surface area contributed by atoms with Crippen molar-refractivity contribution < 1.29 is 46.5 Å². The summed E-state index contributed by atoms with van der Waals surface area (Å²) in [5.74, 6) is 5.43. The van der Waals surface area contributed by atoms with Crippen LogP contribution in [0.25, 0.3) is 0 Å². The van der Waals surface area contributed by atoms with Gasteiger partial charge in [-0.25, -0.2) is 13.2 Å². The van der Waals surface area contributed by atoms with E-state index < -0.39 is 59.2 Å². The lowest BCUT2D eigenvalue weighted by Crippen LogP contribution is -2.60. The van der Waals surface area contributed by atoms with E-state index in [2.05, 4.69) is 31.5 Å². The smallest absolute Gasteiger partial charge is 0.425 e. The van der Waals surface area contributed by atoms with Gasteiger partial charge in [0.1, 0.15) is 23.5 Å². The third kappa shape index (κ3) is 12.6. The Hall–Kier alpha value is -3.38. The van der Waals surface area contributed by atoms with E-state index in [9.17, 15) is 18.0 Å². The van der Waals surface area contributed by atoms with Gasteiger partial charge in [-0.1, -0.05) is 37.7 Å². The lowest BCUT2D eigenvalue weighted by atomic mass is 9.61. The highest BCUT2D eigenvalue weighted by Crippen LogP contribution is 2.50. The second-order valence-corrected chi connectivity index (χ2v) is 24.5. The summed E-state index contributed by atoms with van der Waals surface area (Å²) in [4.78, 5) is 43.3. The van der Waals surface area contributed by atoms with Crippen LogP contribution in [0.15, 0.2) is 36.4 Å². The predicted octanol–water partition coefficient (Wildman–Crippen LogP) is 7.31. The number of piperidine rings is 1. The summed E-state index contributed by atoms with van der Waals surface area (Å²) in [5.41, 5.74) is -1.75. The molecule has 2 heterocycles. The second kappa shape index (κ2) is 19.2. The summed E-state index contributed by atoms with van der Waals surface area (Å²) in [6.45, 7) is 14.1. The van der Waals surface area contributed by atoms with E-state index in [1.54, 1.807) is 57.0 Å². The molecule has 4 rings (SSSR count). The molecule has 2 saturated heterocycles. The highest BCUT2D eigenvalue weighted by atomic mass is 32.2. The van der Waals surface area contributed by atoms with Crippen LogP contribution in [0, 0.1) is 23.2 Å². The quantitative estimate of drug-likeness (QED) is 0.0584. The Kier molecular flexibility index (Phi) is 15.5. The number of sulfonamides is 1. The number of esters is 1. The van der Waals surface area contributed by atoms with Gasteiger partial charge in [0.2, 0.25) is 15.9 Å². The Labute approximate surface area is 329 Å². The number of anilines is 1. The molecule has 0 saturated carbocycles. The number of methoxy groups -OCH3 is 1. The summed E-state index contributed by atoms with van der Waals surface area (Å²) in [7, 11) is -4.62. The largest absolute Gasteiger partial charge is 0.497 e. The number of amides is 2. The lowest BCUT2D eigenvalue weighted by molar-refractivity contribution is -0.162. The zero-order chi connectivity index (χ0) is 40.4. The van der Waals surface area contributed by atoms with E-state index in [1.807, 2.05) is 12.2 Å². The summed E-state index contributed by atoms with van der Waals surface area (Å²) < 4.78 is 58.2. The van der Waals surface area contributed by atoms with Gasteiger partial charge in [-0.05, 0) is 96.0 Å². The first-order chi connectivity index (χ1) is 25.8. The van der Waals surface area contributed by atoms with Gasteiger partial charge >= 0.3 is 12.1 Å². The number of unbranched alkanes of at least 4 members (excludes halogenated alkanes) is 2. The SMILES string of the molecule is COc1ccc(N2CC[C@H]3[C@@H](OC(C)=O)CC=C[C@@]3(C[C@H](C#CCCCCOC3CCCCO3)N(C(=O)OC(C)(C)C)S(=O)(=O)CC[Si](C)(C)C)C2=O)cc1. The number of carbonyl (C=O) groups excluding carboxylic acids is 3. The Morgan fingerprint density at radius 2 is 1.84 bits per heavy atom. The number of hydrogen-bond acceptors (Lipinski definition) is 10. The molecule has 55 heavy (non-hydrogen) atoms. The molecule has 1 aromatic rings. The average Bonchev–Trinajstić information content (AvgIpc) is 3.10. The van der Waals surface area contributed by atoms with Crippen LogP contribution in [0.4, 0.5) is 10.5 Å². The summed E-state index contributed by atoms with van der Waals surface area (Å²) in [5, 5.41) is 0. The van der Waals surface area contributed by atoms with Crippen molar-refractivity contribution in [1.29, 1.82) is 0 Å². The Balaban J connectivity index is 1.77. The molecule has 0 N–H and O–H groups in total. The van der Waals surface area contributed by atoms with E-state index in [0.29, 0.717) is 62.9 Å². The third-order valence-corrected chi connectivity index (χ3v) is 13.9. The highest BCUT2D eigenvalue weighted by molar-refractivity contribution is 7.89.